The van der Waals surface area contributed by atoms with Crippen LogP contribution in [0.3, 0.4) is 0 Å². The second kappa shape index (κ2) is 5.22. The van der Waals surface area contributed by atoms with Crippen molar-refractivity contribution in [3.05, 3.63) is 63.6 Å². The normalized spacial score (nSPS) is 17.0. The van der Waals surface area contributed by atoms with Crippen LogP contribution < -0.4 is 4.90 Å². The number of hydrogen-bond acceptors (Lipinski definition) is 1. The van der Waals surface area contributed by atoms with E-state index in [2.05, 4.69) is 15.9 Å². The summed E-state index contributed by atoms with van der Waals surface area (Å²) in [5.41, 5.74) is 1.70. The van der Waals surface area contributed by atoms with Crippen LogP contribution in [0.2, 0.25) is 0 Å². The van der Waals surface area contributed by atoms with Crippen LogP contribution in [0.1, 0.15) is 22.8 Å². The summed E-state index contributed by atoms with van der Waals surface area (Å²) in [7, 11) is 0. The third-order valence-corrected chi connectivity index (χ3v) is 4.13. The number of anilines is 1. The molecule has 0 aliphatic carbocycles. The summed E-state index contributed by atoms with van der Waals surface area (Å²) in [6.07, 6.45) is 0.712. The summed E-state index contributed by atoms with van der Waals surface area (Å²) in [4.78, 5) is 14.2. The first kappa shape index (κ1) is 14.2. The van der Waals surface area contributed by atoms with Crippen LogP contribution in [0.25, 0.3) is 0 Å². The van der Waals surface area contributed by atoms with E-state index in [0.29, 0.717) is 6.42 Å². The van der Waals surface area contributed by atoms with Crippen molar-refractivity contribution in [2.24, 2.45) is 0 Å². The minimum atomic E-state index is -0.835. The first-order chi connectivity index (χ1) is 9.97. The second-order valence-electron chi connectivity index (χ2n) is 5.13. The van der Waals surface area contributed by atoms with Gasteiger partial charge in [0.2, 0.25) is 0 Å². The van der Waals surface area contributed by atoms with Gasteiger partial charge in [0.15, 0.2) is 0 Å². The van der Waals surface area contributed by atoms with Crippen molar-refractivity contribution in [3.63, 3.8) is 0 Å². The van der Waals surface area contributed by atoms with Gasteiger partial charge in [-0.05, 0) is 49.2 Å². The summed E-state index contributed by atoms with van der Waals surface area (Å²) in [5.74, 6) is -1.97. The average molecular weight is 352 g/mol. The Balaban J connectivity index is 2.03. The van der Waals surface area contributed by atoms with Crippen LogP contribution in [0.5, 0.6) is 0 Å². The number of nitrogens with zero attached hydrogens (tertiary/aromatic N) is 1. The minimum Gasteiger partial charge on any atom is -0.305 e. The molecule has 1 heterocycles. The maximum Gasteiger partial charge on any atom is 0.261 e. The van der Waals surface area contributed by atoms with E-state index in [0.717, 1.165) is 27.9 Å². The maximum absolute atomic E-state index is 13.8. The standard InChI is InChI=1S/C16H12BrF2NO/c1-9-6-10-7-11(17)2-5-15(10)20(9)16(21)13-4-3-12(18)8-14(13)19/h2-5,7-9H,6H2,1H3/t9-/m0/s1. The molecule has 0 N–H and O–H groups in total. The molecule has 2 aromatic carbocycles. The van der Waals surface area contributed by atoms with Crippen molar-refractivity contribution in [1.82, 2.24) is 0 Å². The Hall–Kier alpha value is -1.75. The molecule has 0 fully saturated rings. The van der Waals surface area contributed by atoms with Crippen molar-refractivity contribution in [1.29, 1.82) is 0 Å². The molecule has 0 saturated heterocycles. The van der Waals surface area contributed by atoms with Gasteiger partial charge in [0.05, 0.1) is 5.56 Å². The van der Waals surface area contributed by atoms with Gasteiger partial charge < -0.3 is 4.90 Å². The van der Waals surface area contributed by atoms with Crippen molar-refractivity contribution >= 4 is 27.5 Å². The number of rotatable bonds is 1. The lowest BCUT2D eigenvalue weighted by Crippen LogP contribution is -2.36. The van der Waals surface area contributed by atoms with E-state index >= 15 is 0 Å². The summed E-state index contributed by atoms with van der Waals surface area (Å²) >= 11 is 3.40. The first-order valence-corrected chi connectivity index (χ1v) is 7.33. The van der Waals surface area contributed by atoms with E-state index in [1.54, 1.807) is 4.90 Å². The molecule has 0 bridgehead atoms. The van der Waals surface area contributed by atoms with E-state index < -0.39 is 17.5 Å². The lowest BCUT2D eigenvalue weighted by Gasteiger charge is -2.23. The van der Waals surface area contributed by atoms with E-state index in [9.17, 15) is 13.6 Å². The molecule has 108 valence electrons. The SMILES string of the molecule is C[C@H]1Cc2cc(Br)ccc2N1C(=O)c1ccc(F)cc1F. The lowest BCUT2D eigenvalue weighted by atomic mass is 10.1. The second-order valence-corrected chi connectivity index (χ2v) is 6.04. The molecule has 0 unspecified atom stereocenters. The highest BCUT2D eigenvalue weighted by molar-refractivity contribution is 9.10. The van der Waals surface area contributed by atoms with Crippen LogP contribution in [0, 0.1) is 11.6 Å². The van der Waals surface area contributed by atoms with Gasteiger partial charge in [-0.25, -0.2) is 8.78 Å². The zero-order valence-corrected chi connectivity index (χ0v) is 12.8. The van der Waals surface area contributed by atoms with Crippen molar-refractivity contribution in [3.8, 4) is 0 Å². The molecule has 0 radical (unpaired) electrons. The molecule has 5 heteroatoms. The molecular weight excluding hydrogens is 340 g/mol. The molecular formula is C16H12BrF2NO. The molecule has 0 saturated carbocycles. The number of amides is 1. The van der Waals surface area contributed by atoms with Gasteiger partial charge in [0, 0.05) is 22.3 Å². The summed E-state index contributed by atoms with van der Waals surface area (Å²) in [5, 5.41) is 0. The monoisotopic (exact) mass is 351 g/mol. The highest BCUT2D eigenvalue weighted by Gasteiger charge is 2.32. The van der Waals surface area contributed by atoms with Crippen LogP contribution in [0.4, 0.5) is 14.5 Å². The Morgan fingerprint density at radius 3 is 2.71 bits per heavy atom. The molecule has 2 aromatic rings. The number of fused-ring (bicyclic) bond motifs is 1. The van der Waals surface area contributed by atoms with Crippen LogP contribution >= 0.6 is 15.9 Å². The third kappa shape index (κ3) is 2.46. The Labute approximate surface area is 129 Å². The Morgan fingerprint density at radius 1 is 1.24 bits per heavy atom. The number of carbonyl (C=O) groups is 1. The number of carbonyl (C=O) groups excluding carboxylic acids is 1. The number of benzene rings is 2. The fraction of sp³-hybridized carbons (Fsp3) is 0.188. The zero-order chi connectivity index (χ0) is 15.1. The van der Waals surface area contributed by atoms with E-state index in [4.69, 9.17) is 0 Å². The minimum absolute atomic E-state index is 0.0637. The fourth-order valence-corrected chi connectivity index (χ4v) is 3.11. The lowest BCUT2D eigenvalue weighted by molar-refractivity contribution is 0.0977. The van der Waals surface area contributed by atoms with Gasteiger partial charge >= 0.3 is 0 Å². The summed E-state index contributed by atoms with van der Waals surface area (Å²) in [6, 6.07) is 8.60. The topological polar surface area (TPSA) is 20.3 Å². The maximum atomic E-state index is 13.8. The molecule has 1 amide bonds. The predicted octanol–water partition coefficient (Wildman–Crippen LogP) is 4.32. The van der Waals surface area contributed by atoms with E-state index in [1.807, 2.05) is 25.1 Å². The van der Waals surface area contributed by atoms with Gasteiger partial charge in [-0.1, -0.05) is 15.9 Å². The summed E-state index contributed by atoms with van der Waals surface area (Å²) in [6.45, 7) is 1.91. The predicted molar refractivity (Wildman–Crippen MR) is 80.5 cm³/mol. The number of halogens is 3. The van der Waals surface area contributed by atoms with E-state index in [-0.39, 0.29) is 11.6 Å². The molecule has 2 nitrogen and oxygen atoms in total. The molecule has 1 aliphatic rings. The Morgan fingerprint density at radius 2 is 2.00 bits per heavy atom. The molecule has 0 spiro atoms. The zero-order valence-electron chi connectivity index (χ0n) is 11.2. The highest BCUT2D eigenvalue weighted by atomic mass is 79.9. The van der Waals surface area contributed by atoms with E-state index in [1.165, 1.54) is 6.07 Å². The van der Waals surface area contributed by atoms with Crippen molar-refractivity contribution in [2.45, 2.75) is 19.4 Å². The van der Waals surface area contributed by atoms with Crippen molar-refractivity contribution in [2.75, 3.05) is 4.90 Å². The molecule has 1 atom stereocenters. The summed E-state index contributed by atoms with van der Waals surface area (Å²) < 4.78 is 27.7. The van der Waals surface area contributed by atoms with Gasteiger partial charge in [-0.2, -0.15) is 0 Å². The van der Waals surface area contributed by atoms with Gasteiger partial charge in [0.1, 0.15) is 11.6 Å². The molecule has 3 rings (SSSR count). The Kier molecular flexibility index (Phi) is 3.53. The van der Waals surface area contributed by atoms with Gasteiger partial charge in [0.25, 0.3) is 5.91 Å². The van der Waals surface area contributed by atoms with Crippen LogP contribution in [-0.2, 0) is 6.42 Å². The largest absolute Gasteiger partial charge is 0.305 e. The third-order valence-electron chi connectivity index (χ3n) is 3.64. The molecule has 21 heavy (non-hydrogen) atoms. The van der Waals surface area contributed by atoms with Crippen molar-refractivity contribution < 1.29 is 13.6 Å². The van der Waals surface area contributed by atoms with Gasteiger partial charge in [-0.15, -0.1) is 0 Å². The Bertz CT molecular complexity index is 732. The smallest absolute Gasteiger partial charge is 0.261 e. The molecule has 1 aliphatic heterocycles. The number of hydrogen-bond donors (Lipinski definition) is 0. The van der Waals surface area contributed by atoms with Crippen LogP contribution in [0.15, 0.2) is 40.9 Å². The first-order valence-electron chi connectivity index (χ1n) is 6.54. The average Bonchev–Trinajstić information content (AvgIpc) is 2.73. The van der Waals surface area contributed by atoms with Gasteiger partial charge in [-0.3, -0.25) is 4.79 Å². The molecule has 0 aromatic heterocycles. The highest BCUT2D eigenvalue weighted by Crippen LogP contribution is 2.35. The quantitative estimate of drug-likeness (QED) is 0.749. The fourth-order valence-electron chi connectivity index (χ4n) is 2.70. The van der Waals surface area contributed by atoms with Crippen LogP contribution in [-0.4, -0.2) is 11.9 Å².